The number of nitrogens with zero attached hydrogens (tertiary/aromatic N) is 3. The number of pyridine rings is 1. The Morgan fingerprint density at radius 1 is 1.36 bits per heavy atom. The van der Waals surface area contributed by atoms with E-state index in [1.165, 1.54) is 0 Å². The van der Waals surface area contributed by atoms with Gasteiger partial charge < -0.3 is 15.0 Å². The average Bonchev–Trinajstić information content (AvgIpc) is 2.92. The molecule has 114 valence electrons. The zero-order valence-corrected chi connectivity index (χ0v) is 13.2. The van der Waals surface area contributed by atoms with Crippen LogP contribution in [0.3, 0.4) is 0 Å². The van der Waals surface area contributed by atoms with Crippen LogP contribution in [0.25, 0.3) is 22.6 Å². The van der Waals surface area contributed by atoms with Crippen LogP contribution in [0, 0.1) is 0 Å². The molecule has 0 aliphatic rings. The number of hydrogen-bond donors (Lipinski definition) is 1. The third-order valence-electron chi connectivity index (χ3n) is 3.61. The molecule has 0 radical (unpaired) electrons. The van der Waals surface area contributed by atoms with Gasteiger partial charge in [0, 0.05) is 24.3 Å². The Labute approximate surface area is 133 Å². The highest BCUT2D eigenvalue weighted by Gasteiger charge is 2.18. The van der Waals surface area contributed by atoms with E-state index >= 15 is 0 Å². The number of aromatic nitrogens is 3. The Morgan fingerprint density at radius 3 is 2.91 bits per heavy atom. The lowest BCUT2D eigenvalue weighted by atomic mass is 10.2. The molecule has 2 heterocycles. The zero-order chi connectivity index (χ0) is 15.7. The van der Waals surface area contributed by atoms with Gasteiger partial charge >= 0.3 is 0 Å². The smallest absolute Gasteiger partial charge is 0.160 e. The minimum absolute atomic E-state index is 0.0693. The summed E-state index contributed by atoms with van der Waals surface area (Å²) in [5, 5.41) is 0.565. The van der Waals surface area contributed by atoms with Gasteiger partial charge in [-0.1, -0.05) is 23.7 Å². The molecule has 0 saturated heterocycles. The number of imidazole rings is 1. The predicted molar refractivity (Wildman–Crippen MR) is 88.3 cm³/mol. The molecule has 2 aromatic heterocycles. The van der Waals surface area contributed by atoms with Crippen LogP contribution in [-0.4, -0.2) is 28.2 Å². The minimum atomic E-state index is 0.0693. The van der Waals surface area contributed by atoms with E-state index in [1.807, 2.05) is 41.8 Å². The molecule has 1 aromatic carbocycles. The van der Waals surface area contributed by atoms with Gasteiger partial charge in [0.15, 0.2) is 5.65 Å². The number of fused-ring (bicyclic) bond motifs is 1. The van der Waals surface area contributed by atoms with Gasteiger partial charge in [0.05, 0.1) is 12.1 Å². The highest BCUT2D eigenvalue weighted by atomic mass is 35.5. The second-order valence-electron chi connectivity index (χ2n) is 5.12. The van der Waals surface area contributed by atoms with Crippen molar-refractivity contribution in [2.75, 3.05) is 13.7 Å². The van der Waals surface area contributed by atoms with E-state index in [9.17, 15) is 0 Å². The van der Waals surface area contributed by atoms with Crippen LogP contribution in [-0.2, 0) is 0 Å². The van der Waals surface area contributed by atoms with E-state index in [-0.39, 0.29) is 6.04 Å². The minimum Gasteiger partial charge on any atom is -0.497 e. The largest absolute Gasteiger partial charge is 0.497 e. The van der Waals surface area contributed by atoms with Gasteiger partial charge in [-0.25, -0.2) is 9.97 Å². The second-order valence-corrected chi connectivity index (χ2v) is 5.55. The molecule has 22 heavy (non-hydrogen) atoms. The Balaban J connectivity index is 2.27. The van der Waals surface area contributed by atoms with E-state index < -0.39 is 0 Å². The van der Waals surface area contributed by atoms with Gasteiger partial charge in [0.2, 0.25) is 0 Å². The molecule has 3 aromatic rings. The van der Waals surface area contributed by atoms with Gasteiger partial charge in [-0.05, 0) is 25.1 Å². The first-order valence-electron chi connectivity index (χ1n) is 7.02. The van der Waals surface area contributed by atoms with Crippen molar-refractivity contribution in [3.63, 3.8) is 0 Å². The van der Waals surface area contributed by atoms with Crippen LogP contribution >= 0.6 is 11.6 Å². The van der Waals surface area contributed by atoms with Crippen molar-refractivity contribution >= 4 is 22.8 Å². The fraction of sp³-hybridized carbons (Fsp3) is 0.250. The quantitative estimate of drug-likeness (QED) is 0.802. The van der Waals surface area contributed by atoms with Gasteiger partial charge in [-0.15, -0.1) is 0 Å². The number of methoxy groups -OCH3 is 1. The molecule has 2 N–H and O–H groups in total. The maximum atomic E-state index is 6.03. The van der Waals surface area contributed by atoms with Crippen molar-refractivity contribution in [1.82, 2.24) is 14.5 Å². The van der Waals surface area contributed by atoms with Crippen LogP contribution in [0.1, 0.15) is 13.0 Å². The molecule has 0 fully saturated rings. The van der Waals surface area contributed by atoms with Crippen LogP contribution in [0.4, 0.5) is 0 Å². The molecule has 0 amide bonds. The molecular formula is C16H17ClN4O. The molecule has 1 unspecified atom stereocenters. The topological polar surface area (TPSA) is 66.0 Å². The SMILES string of the molecule is COc1cccc(-c2nc3cc(Cl)cnc3n2C(C)CN)c1. The summed E-state index contributed by atoms with van der Waals surface area (Å²) in [7, 11) is 1.64. The molecule has 0 spiro atoms. The summed E-state index contributed by atoms with van der Waals surface area (Å²) in [4.78, 5) is 9.11. The van der Waals surface area contributed by atoms with E-state index in [4.69, 9.17) is 27.1 Å². The lowest BCUT2D eigenvalue weighted by molar-refractivity contribution is 0.415. The van der Waals surface area contributed by atoms with Crippen LogP contribution in [0.15, 0.2) is 36.5 Å². The summed E-state index contributed by atoms with van der Waals surface area (Å²) in [6.45, 7) is 2.54. The second kappa shape index (κ2) is 5.94. The number of nitrogens with two attached hydrogens (primary N) is 1. The van der Waals surface area contributed by atoms with Gasteiger partial charge in [-0.3, -0.25) is 0 Å². The summed E-state index contributed by atoms with van der Waals surface area (Å²) in [5.41, 5.74) is 8.35. The summed E-state index contributed by atoms with van der Waals surface area (Å²) in [6.07, 6.45) is 1.63. The Hall–Kier alpha value is -2.11. The molecule has 0 saturated carbocycles. The molecule has 5 nitrogen and oxygen atoms in total. The van der Waals surface area contributed by atoms with Crippen molar-refractivity contribution in [2.45, 2.75) is 13.0 Å². The normalized spacial score (nSPS) is 12.5. The summed E-state index contributed by atoms with van der Waals surface area (Å²) in [6, 6.07) is 9.66. The van der Waals surface area contributed by atoms with E-state index in [0.29, 0.717) is 11.6 Å². The molecule has 0 bridgehead atoms. The van der Waals surface area contributed by atoms with Gasteiger partial charge in [0.25, 0.3) is 0 Å². The first kappa shape index (κ1) is 14.8. The molecule has 0 aliphatic carbocycles. The van der Waals surface area contributed by atoms with E-state index in [2.05, 4.69) is 4.98 Å². The van der Waals surface area contributed by atoms with Crippen LogP contribution in [0.5, 0.6) is 5.75 Å². The highest BCUT2D eigenvalue weighted by Crippen LogP contribution is 2.30. The fourth-order valence-electron chi connectivity index (χ4n) is 2.45. The maximum Gasteiger partial charge on any atom is 0.160 e. The maximum absolute atomic E-state index is 6.03. The predicted octanol–water partition coefficient (Wildman–Crippen LogP) is 3.28. The molecule has 1 atom stereocenters. The third kappa shape index (κ3) is 2.53. The standard InChI is InChI=1S/C16H17ClN4O/c1-10(8-18)21-15(11-4-3-5-13(6-11)22-2)20-14-7-12(17)9-19-16(14)21/h3-7,9-10H,8,18H2,1-2H3. The molecule has 6 heteroatoms. The first-order valence-corrected chi connectivity index (χ1v) is 7.39. The van der Waals surface area contributed by atoms with Crippen LogP contribution in [0.2, 0.25) is 5.02 Å². The van der Waals surface area contributed by atoms with Gasteiger partial charge in [-0.2, -0.15) is 0 Å². The van der Waals surface area contributed by atoms with E-state index in [1.54, 1.807) is 13.3 Å². The Kier molecular flexibility index (Phi) is 4.00. The number of rotatable bonds is 4. The highest BCUT2D eigenvalue weighted by molar-refractivity contribution is 6.31. The van der Waals surface area contributed by atoms with Crippen molar-refractivity contribution in [3.05, 3.63) is 41.6 Å². The van der Waals surface area contributed by atoms with Crippen molar-refractivity contribution < 1.29 is 4.74 Å². The summed E-state index contributed by atoms with van der Waals surface area (Å²) in [5.74, 6) is 1.59. The van der Waals surface area contributed by atoms with Crippen LogP contribution < -0.4 is 10.5 Å². The first-order chi connectivity index (χ1) is 10.6. The van der Waals surface area contributed by atoms with Gasteiger partial charge in [0.1, 0.15) is 17.1 Å². The zero-order valence-electron chi connectivity index (χ0n) is 12.5. The molecule has 3 rings (SSSR count). The molecule has 0 aliphatic heterocycles. The number of hydrogen-bond acceptors (Lipinski definition) is 4. The number of halogens is 1. The number of ether oxygens (including phenoxy) is 1. The lowest BCUT2D eigenvalue weighted by Crippen LogP contribution is -2.17. The summed E-state index contributed by atoms with van der Waals surface area (Å²) >= 11 is 6.03. The van der Waals surface area contributed by atoms with Crippen molar-refractivity contribution in [3.8, 4) is 17.1 Å². The Morgan fingerprint density at radius 2 is 2.18 bits per heavy atom. The van der Waals surface area contributed by atoms with E-state index in [0.717, 1.165) is 28.3 Å². The lowest BCUT2D eigenvalue weighted by Gasteiger charge is -2.15. The fourth-order valence-corrected chi connectivity index (χ4v) is 2.60. The molecular weight excluding hydrogens is 300 g/mol. The van der Waals surface area contributed by atoms with Crippen molar-refractivity contribution in [1.29, 1.82) is 0 Å². The average molecular weight is 317 g/mol. The third-order valence-corrected chi connectivity index (χ3v) is 3.81. The number of benzene rings is 1. The Bertz CT molecular complexity index is 815. The summed E-state index contributed by atoms with van der Waals surface area (Å²) < 4.78 is 7.34. The monoisotopic (exact) mass is 316 g/mol. The van der Waals surface area contributed by atoms with Crippen molar-refractivity contribution in [2.24, 2.45) is 5.73 Å².